The molecule has 0 aliphatic rings. The summed E-state index contributed by atoms with van der Waals surface area (Å²) in [7, 11) is 0. The van der Waals surface area contributed by atoms with Gasteiger partial charge >= 0.3 is 0 Å². The van der Waals surface area contributed by atoms with Gasteiger partial charge in [-0.05, 0) is 36.6 Å². The van der Waals surface area contributed by atoms with Gasteiger partial charge in [0, 0.05) is 12.7 Å². The lowest BCUT2D eigenvalue weighted by molar-refractivity contribution is 0.627. The second-order valence-corrected chi connectivity index (χ2v) is 4.95. The number of rotatable bonds is 4. The summed E-state index contributed by atoms with van der Waals surface area (Å²) in [6.07, 6.45) is 2.91. The van der Waals surface area contributed by atoms with E-state index in [1.165, 1.54) is 6.07 Å². The van der Waals surface area contributed by atoms with Gasteiger partial charge in [0.25, 0.3) is 0 Å². The Balaban J connectivity index is 2.24. The van der Waals surface area contributed by atoms with Crippen LogP contribution in [0.15, 0.2) is 24.4 Å². The van der Waals surface area contributed by atoms with Crippen LogP contribution in [0.25, 0.3) is 10.4 Å². The van der Waals surface area contributed by atoms with Gasteiger partial charge in [-0.3, -0.25) is 0 Å². The number of nitrogens with zero attached hydrogens (tertiary/aromatic N) is 1. The number of hydrogen-bond donors (Lipinski definition) is 1. The molecule has 0 saturated carbocycles. The highest BCUT2D eigenvalue weighted by Crippen LogP contribution is 2.31. The number of halogens is 1. The molecule has 2 aromatic rings. The average Bonchev–Trinajstić information content (AvgIpc) is 2.75. The molecule has 17 heavy (non-hydrogen) atoms. The molecule has 0 amide bonds. The smallest absolute Gasteiger partial charge is 0.183 e. The van der Waals surface area contributed by atoms with E-state index < -0.39 is 0 Å². The molecule has 0 saturated heterocycles. The molecule has 0 aliphatic carbocycles. The molecule has 0 bridgehead atoms. The molecule has 2 nitrogen and oxygen atoms in total. The molecule has 2 rings (SSSR count). The summed E-state index contributed by atoms with van der Waals surface area (Å²) in [5.74, 6) is -0.194. The third-order valence-corrected chi connectivity index (χ3v) is 3.47. The van der Waals surface area contributed by atoms with E-state index >= 15 is 0 Å². The molecule has 0 radical (unpaired) electrons. The summed E-state index contributed by atoms with van der Waals surface area (Å²) in [4.78, 5) is 5.38. The van der Waals surface area contributed by atoms with Crippen LogP contribution in [0.5, 0.6) is 0 Å². The van der Waals surface area contributed by atoms with E-state index in [-0.39, 0.29) is 5.82 Å². The Morgan fingerprint density at radius 1 is 1.41 bits per heavy atom. The maximum atomic E-state index is 13.0. The predicted octanol–water partition coefficient (Wildman–Crippen LogP) is 4.08. The number of nitrogens with one attached hydrogen (secondary N) is 1. The van der Waals surface area contributed by atoms with Crippen molar-refractivity contribution in [3.63, 3.8) is 0 Å². The first kappa shape index (κ1) is 12.0. The molecular formula is C13H15FN2S. The summed E-state index contributed by atoms with van der Waals surface area (Å²) in [6, 6.07) is 4.84. The van der Waals surface area contributed by atoms with Gasteiger partial charge in [-0.25, -0.2) is 9.37 Å². The fourth-order valence-corrected chi connectivity index (χ4v) is 2.55. The van der Waals surface area contributed by atoms with Crippen LogP contribution < -0.4 is 5.32 Å². The standard InChI is InChI=1S/C13H15FN2S/c1-3-6-15-13-16-8-12(17-13)11-5-4-10(14)7-9(11)2/h4-5,7-8H,3,6H2,1-2H3,(H,15,16). The van der Waals surface area contributed by atoms with Crippen molar-refractivity contribution in [1.29, 1.82) is 0 Å². The predicted molar refractivity (Wildman–Crippen MR) is 71.0 cm³/mol. The zero-order valence-electron chi connectivity index (χ0n) is 9.96. The van der Waals surface area contributed by atoms with Crippen LogP contribution in [-0.4, -0.2) is 11.5 Å². The third-order valence-electron chi connectivity index (χ3n) is 2.49. The van der Waals surface area contributed by atoms with Gasteiger partial charge in [0.1, 0.15) is 5.82 Å². The van der Waals surface area contributed by atoms with E-state index in [9.17, 15) is 4.39 Å². The summed E-state index contributed by atoms with van der Waals surface area (Å²) in [5.41, 5.74) is 1.99. The fourth-order valence-electron chi connectivity index (χ4n) is 1.62. The Kier molecular flexibility index (Phi) is 3.74. The van der Waals surface area contributed by atoms with E-state index in [2.05, 4.69) is 17.2 Å². The molecule has 4 heteroatoms. The van der Waals surface area contributed by atoms with Gasteiger partial charge in [-0.15, -0.1) is 0 Å². The van der Waals surface area contributed by atoms with Crippen molar-refractivity contribution < 1.29 is 4.39 Å². The van der Waals surface area contributed by atoms with Crippen molar-refractivity contribution in [2.24, 2.45) is 0 Å². The number of aryl methyl sites for hydroxylation is 1. The normalized spacial score (nSPS) is 10.5. The molecule has 1 aromatic heterocycles. The number of benzene rings is 1. The Hall–Kier alpha value is -1.42. The molecule has 0 atom stereocenters. The highest BCUT2D eigenvalue weighted by Gasteiger charge is 2.07. The maximum Gasteiger partial charge on any atom is 0.183 e. The summed E-state index contributed by atoms with van der Waals surface area (Å²) in [5, 5.41) is 4.17. The second kappa shape index (κ2) is 5.27. The SMILES string of the molecule is CCCNc1ncc(-c2ccc(F)cc2C)s1. The van der Waals surface area contributed by atoms with E-state index in [0.29, 0.717) is 0 Å². The largest absolute Gasteiger partial charge is 0.362 e. The van der Waals surface area contributed by atoms with Crippen LogP contribution in [-0.2, 0) is 0 Å². The van der Waals surface area contributed by atoms with Gasteiger partial charge in [-0.1, -0.05) is 24.3 Å². The lowest BCUT2D eigenvalue weighted by Gasteiger charge is -2.02. The van der Waals surface area contributed by atoms with Crippen molar-refractivity contribution in [3.05, 3.63) is 35.8 Å². The van der Waals surface area contributed by atoms with E-state index in [0.717, 1.165) is 34.1 Å². The van der Waals surface area contributed by atoms with Crippen LogP contribution in [0.3, 0.4) is 0 Å². The number of aromatic nitrogens is 1. The molecule has 1 N–H and O–H groups in total. The highest BCUT2D eigenvalue weighted by molar-refractivity contribution is 7.18. The maximum absolute atomic E-state index is 13.0. The lowest BCUT2D eigenvalue weighted by atomic mass is 10.1. The van der Waals surface area contributed by atoms with Crippen molar-refractivity contribution in [2.45, 2.75) is 20.3 Å². The van der Waals surface area contributed by atoms with Crippen LogP contribution >= 0.6 is 11.3 Å². The van der Waals surface area contributed by atoms with Crippen molar-refractivity contribution in [1.82, 2.24) is 4.98 Å². The topological polar surface area (TPSA) is 24.9 Å². The van der Waals surface area contributed by atoms with Crippen LogP contribution in [0, 0.1) is 12.7 Å². The third kappa shape index (κ3) is 2.82. The lowest BCUT2D eigenvalue weighted by Crippen LogP contribution is -1.97. The first-order chi connectivity index (χ1) is 8.20. The highest BCUT2D eigenvalue weighted by atomic mass is 32.1. The minimum absolute atomic E-state index is 0.194. The molecule has 90 valence electrons. The second-order valence-electron chi connectivity index (χ2n) is 3.92. The number of hydrogen-bond acceptors (Lipinski definition) is 3. The zero-order chi connectivity index (χ0) is 12.3. The van der Waals surface area contributed by atoms with Gasteiger partial charge in [0.15, 0.2) is 5.13 Å². The van der Waals surface area contributed by atoms with Crippen LogP contribution in [0.4, 0.5) is 9.52 Å². The molecular weight excluding hydrogens is 235 g/mol. The Morgan fingerprint density at radius 2 is 2.24 bits per heavy atom. The zero-order valence-corrected chi connectivity index (χ0v) is 10.8. The summed E-state index contributed by atoms with van der Waals surface area (Å²) >= 11 is 1.60. The average molecular weight is 250 g/mol. The number of thiazole rings is 1. The molecule has 1 aromatic carbocycles. The summed E-state index contributed by atoms with van der Waals surface area (Å²) in [6.45, 7) is 4.96. The minimum Gasteiger partial charge on any atom is -0.362 e. The van der Waals surface area contributed by atoms with E-state index in [4.69, 9.17) is 0 Å². The van der Waals surface area contributed by atoms with E-state index in [1.807, 2.05) is 19.2 Å². The van der Waals surface area contributed by atoms with Gasteiger partial charge in [0.05, 0.1) is 4.88 Å². The van der Waals surface area contributed by atoms with Crippen LogP contribution in [0.2, 0.25) is 0 Å². The monoisotopic (exact) mass is 250 g/mol. The molecule has 0 unspecified atom stereocenters. The van der Waals surface area contributed by atoms with Crippen molar-refractivity contribution in [2.75, 3.05) is 11.9 Å². The molecule has 1 heterocycles. The molecule has 0 aliphatic heterocycles. The minimum atomic E-state index is -0.194. The van der Waals surface area contributed by atoms with Gasteiger partial charge < -0.3 is 5.32 Å². The first-order valence-electron chi connectivity index (χ1n) is 5.67. The number of anilines is 1. The van der Waals surface area contributed by atoms with Gasteiger partial charge in [-0.2, -0.15) is 0 Å². The van der Waals surface area contributed by atoms with Crippen molar-refractivity contribution in [3.8, 4) is 10.4 Å². The fraction of sp³-hybridized carbons (Fsp3) is 0.308. The molecule has 0 spiro atoms. The quantitative estimate of drug-likeness (QED) is 0.884. The molecule has 0 fully saturated rings. The van der Waals surface area contributed by atoms with Gasteiger partial charge in [0.2, 0.25) is 0 Å². The Labute approximate surface area is 105 Å². The summed E-state index contributed by atoms with van der Waals surface area (Å²) < 4.78 is 13.0. The first-order valence-corrected chi connectivity index (χ1v) is 6.48. The van der Waals surface area contributed by atoms with E-state index in [1.54, 1.807) is 17.4 Å². The Morgan fingerprint density at radius 3 is 2.94 bits per heavy atom. The van der Waals surface area contributed by atoms with Crippen molar-refractivity contribution >= 4 is 16.5 Å². The Bertz CT molecular complexity index is 508. The van der Waals surface area contributed by atoms with Crippen LogP contribution in [0.1, 0.15) is 18.9 Å².